The smallest absolute Gasteiger partial charge is 0.326 e. The van der Waals surface area contributed by atoms with Gasteiger partial charge in [0.15, 0.2) is 0 Å². The van der Waals surface area contributed by atoms with Crippen LogP contribution < -0.4 is 5.73 Å². The van der Waals surface area contributed by atoms with Gasteiger partial charge in [-0.25, -0.2) is 4.39 Å². The van der Waals surface area contributed by atoms with Crippen molar-refractivity contribution >= 4 is 12.4 Å². The molecule has 1 aromatic carbocycles. The van der Waals surface area contributed by atoms with Crippen molar-refractivity contribution in [2.45, 2.75) is 12.7 Å². The molecule has 80 valence electrons. The first-order chi connectivity index (χ1) is 5.96. The molecule has 0 fully saturated rings. The monoisotopic (exact) mass is 229 g/mol. The zero-order valence-electron chi connectivity index (χ0n) is 6.94. The van der Waals surface area contributed by atoms with Crippen molar-refractivity contribution in [2.75, 3.05) is 0 Å². The van der Waals surface area contributed by atoms with E-state index in [0.717, 1.165) is 12.1 Å². The molecule has 0 heterocycles. The average Bonchev–Trinajstić information content (AvgIpc) is 2.01. The molecule has 1 nitrogen and oxygen atoms in total. The van der Waals surface area contributed by atoms with Crippen molar-refractivity contribution < 1.29 is 17.6 Å². The summed E-state index contributed by atoms with van der Waals surface area (Å²) < 4.78 is 49.4. The first-order valence-electron chi connectivity index (χ1n) is 3.51. The molecule has 0 saturated heterocycles. The lowest BCUT2D eigenvalue weighted by Gasteiger charge is -2.11. The number of hydrogen-bond donors (Lipinski definition) is 1. The summed E-state index contributed by atoms with van der Waals surface area (Å²) in [6.45, 7) is -0.327. The van der Waals surface area contributed by atoms with E-state index in [1.807, 2.05) is 0 Å². The van der Waals surface area contributed by atoms with E-state index in [4.69, 9.17) is 5.73 Å². The van der Waals surface area contributed by atoms with Crippen LogP contribution in [0.15, 0.2) is 18.2 Å². The molecule has 6 heteroatoms. The molecule has 2 N–H and O–H groups in total. The molecular weight excluding hydrogens is 222 g/mol. The van der Waals surface area contributed by atoms with Gasteiger partial charge in [0.25, 0.3) is 0 Å². The SMILES string of the molecule is Cl.NCc1cccc(F)c1C(F)(F)F. The van der Waals surface area contributed by atoms with Crippen molar-refractivity contribution in [3.63, 3.8) is 0 Å². The van der Waals surface area contributed by atoms with Crippen LogP contribution in [0.5, 0.6) is 0 Å². The standard InChI is InChI=1S/C8H7F4N.ClH/c9-6-3-1-2-5(4-13)7(6)8(10,11)12;/h1-3H,4,13H2;1H. The third kappa shape index (κ3) is 2.59. The first-order valence-corrected chi connectivity index (χ1v) is 3.51. The van der Waals surface area contributed by atoms with E-state index in [2.05, 4.69) is 0 Å². The van der Waals surface area contributed by atoms with Crippen molar-refractivity contribution in [1.29, 1.82) is 0 Å². The lowest BCUT2D eigenvalue weighted by molar-refractivity contribution is -0.140. The van der Waals surface area contributed by atoms with Gasteiger partial charge in [0.05, 0.1) is 5.56 Å². The first kappa shape index (κ1) is 13.2. The maximum atomic E-state index is 12.8. The molecule has 0 unspecified atom stereocenters. The summed E-state index contributed by atoms with van der Waals surface area (Å²) in [5, 5.41) is 0. The number of benzene rings is 1. The van der Waals surface area contributed by atoms with E-state index in [1.54, 1.807) is 0 Å². The van der Waals surface area contributed by atoms with E-state index >= 15 is 0 Å². The van der Waals surface area contributed by atoms with Crippen LogP contribution in [-0.2, 0) is 12.7 Å². The molecule has 1 aromatic rings. The lowest BCUT2D eigenvalue weighted by Crippen LogP contribution is -2.14. The topological polar surface area (TPSA) is 26.0 Å². The van der Waals surface area contributed by atoms with Crippen LogP contribution in [0.2, 0.25) is 0 Å². The van der Waals surface area contributed by atoms with E-state index < -0.39 is 17.6 Å². The molecule has 0 radical (unpaired) electrons. The molecule has 0 aliphatic heterocycles. The van der Waals surface area contributed by atoms with Gasteiger partial charge in [0.2, 0.25) is 0 Å². The van der Waals surface area contributed by atoms with Gasteiger partial charge in [0.1, 0.15) is 5.82 Å². The number of nitrogens with two attached hydrogens (primary N) is 1. The third-order valence-corrected chi connectivity index (χ3v) is 1.60. The van der Waals surface area contributed by atoms with Crippen molar-refractivity contribution in [3.8, 4) is 0 Å². The minimum absolute atomic E-state index is 0. The minimum Gasteiger partial charge on any atom is -0.326 e. The summed E-state index contributed by atoms with van der Waals surface area (Å²) in [6, 6.07) is 3.13. The summed E-state index contributed by atoms with van der Waals surface area (Å²) >= 11 is 0. The molecule has 0 saturated carbocycles. The molecule has 0 aliphatic carbocycles. The molecule has 0 spiro atoms. The molecule has 0 bridgehead atoms. The van der Waals surface area contributed by atoms with E-state index in [9.17, 15) is 17.6 Å². The van der Waals surface area contributed by atoms with Crippen LogP contribution in [0.3, 0.4) is 0 Å². The fourth-order valence-corrected chi connectivity index (χ4v) is 1.06. The Morgan fingerprint density at radius 3 is 2.14 bits per heavy atom. The molecular formula is C8H8ClF4N. The lowest BCUT2D eigenvalue weighted by atomic mass is 10.1. The van der Waals surface area contributed by atoms with E-state index in [-0.39, 0.29) is 24.5 Å². The molecule has 0 aliphatic rings. The highest BCUT2D eigenvalue weighted by atomic mass is 35.5. The normalized spacial score (nSPS) is 10.9. The van der Waals surface area contributed by atoms with Gasteiger partial charge >= 0.3 is 6.18 Å². The zero-order chi connectivity index (χ0) is 10.1. The van der Waals surface area contributed by atoms with Crippen LogP contribution >= 0.6 is 12.4 Å². The second-order valence-corrected chi connectivity index (χ2v) is 2.48. The molecule has 0 amide bonds. The van der Waals surface area contributed by atoms with Gasteiger partial charge in [-0.3, -0.25) is 0 Å². The predicted octanol–water partition coefficient (Wildman–Crippen LogP) is 2.73. The number of hydrogen-bond acceptors (Lipinski definition) is 1. The highest BCUT2D eigenvalue weighted by Gasteiger charge is 2.36. The highest BCUT2D eigenvalue weighted by Crippen LogP contribution is 2.33. The van der Waals surface area contributed by atoms with Crippen molar-refractivity contribution in [3.05, 3.63) is 35.1 Å². The second-order valence-electron chi connectivity index (χ2n) is 2.48. The van der Waals surface area contributed by atoms with Crippen molar-refractivity contribution in [1.82, 2.24) is 0 Å². The Balaban J connectivity index is 0.00000169. The quantitative estimate of drug-likeness (QED) is 0.737. The van der Waals surface area contributed by atoms with Gasteiger partial charge < -0.3 is 5.73 Å². The zero-order valence-corrected chi connectivity index (χ0v) is 7.75. The summed E-state index contributed by atoms with van der Waals surface area (Å²) in [5.74, 6) is -1.28. The second kappa shape index (κ2) is 4.61. The van der Waals surface area contributed by atoms with E-state index in [0.29, 0.717) is 0 Å². The molecule has 0 aromatic heterocycles. The van der Waals surface area contributed by atoms with Gasteiger partial charge in [-0.15, -0.1) is 12.4 Å². The average molecular weight is 230 g/mol. The third-order valence-electron chi connectivity index (χ3n) is 1.60. The van der Waals surface area contributed by atoms with Gasteiger partial charge in [0, 0.05) is 6.54 Å². The maximum Gasteiger partial charge on any atom is 0.419 e. The molecule has 14 heavy (non-hydrogen) atoms. The number of halogens is 5. The number of rotatable bonds is 1. The Morgan fingerprint density at radius 2 is 1.79 bits per heavy atom. The summed E-state index contributed by atoms with van der Waals surface area (Å²) in [6.07, 6.45) is -4.68. The van der Waals surface area contributed by atoms with Crippen LogP contribution in [0, 0.1) is 5.82 Å². The highest BCUT2D eigenvalue weighted by molar-refractivity contribution is 5.85. The Labute approximate surface area is 84.3 Å². The minimum atomic E-state index is -4.68. The summed E-state index contributed by atoms with van der Waals surface area (Å²) in [4.78, 5) is 0. The van der Waals surface area contributed by atoms with Gasteiger partial charge in [-0.2, -0.15) is 13.2 Å². The Kier molecular flexibility index (Phi) is 4.35. The van der Waals surface area contributed by atoms with Gasteiger partial charge in [-0.05, 0) is 11.6 Å². The van der Waals surface area contributed by atoms with Gasteiger partial charge in [-0.1, -0.05) is 12.1 Å². The molecule has 1 rings (SSSR count). The van der Waals surface area contributed by atoms with Crippen LogP contribution in [-0.4, -0.2) is 0 Å². The van der Waals surface area contributed by atoms with Crippen LogP contribution in [0.1, 0.15) is 11.1 Å². The maximum absolute atomic E-state index is 12.8. The Bertz CT molecular complexity index is 311. The summed E-state index contributed by atoms with van der Waals surface area (Å²) in [7, 11) is 0. The Morgan fingerprint density at radius 1 is 1.21 bits per heavy atom. The number of alkyl halides is 3. The largest absolute Gasteiger partial charge is 0.419 e. The molecule has 0 atom stereocenters. The van der Waals surface area contributed by atoms with Crippen LogP contribution in [0.25, 0.3) is 0 Å². The fraction of sp³-hybridized carbons (Fsp3) is 0.250. The van der Waals surface area contributed by atoms with Crippen LogP contribution in [0.4, 0.5) is 17.6 Å². The predicted molar refractivity (Wildman–Crippen MR) is 46.5 cm³/mol. The fourth-order valence-electron chi connectivity index (χ4n) is 1.06. The van der Waals surface area contributed by atoms with Crippen molar-refractivity contribution in [2.24, 2.45) is 5.73 Å². The summed E-state index contributed by atoms with van der Waals surface area (Å²) in [5.41, 5.74) is 3.55. The van der Waals surface area contributed by atoms with E-state index in [1.165, 1.54) is 6.07 Å². The Hall–Kier alpha value is -0.810.